The van der Waals surface area contributed by atoms with Crippen molar-refractivity contribution >= 4 is 51.8 Å². The molecule has 2 aromatic heterocycles. The van der Waals surface area contributed by atoms with Crippen molar-refractivity contribution in [1.82, 2.24) is 19.7 Å². The van der Waals surface area contributed by atoms with E-state index in [9.17, 15) is 19.5 Å². The van der Waals surface area contributed by atoms with Gasteiger partial charge in [0.15, 0.2) is 17.9 Å². The Bertz CT molecular complexity index is 1810. The zero-order valence-electron chi connectivity index (χ0n) is 20.1. The number of anilines is 2. The molecule has 3 heterocycles. The average molecular weight is 518 g/mol. The van der Waals surface area contributed by atoms with Crippen LogP contribution in [0.4, 0.5) is 22.9 Å². The molecule has 3 N–H and O–H groups in total. The van der Waals surface area contributed by atoms with Crippen LogP contribution in [0.25, 0.3) is 16.7 Å². The van der Waals surface area contributed by atoms with E-state index in [2.05, 4.69) is 35.9 Å². The van der Waals surface area contributed by atoms with Gasteiger partial charge in [0.2, 0.25) is 5.91 Å². The van der Waals surface area contributed by atoms with Gasteiger partial charge < -0.3 is 15.7 Å². The number of aldehydes is 1. The second kappa shape index (κ2) is 9.59. The second-order valence-electron chi connectivity index (χ2n) is 8.60. The van der Waals surface area contributed by atoms with Gasteiger partial charge in [-0.15, -0.1) is 10.2 Å². The molecule has 12 heteroatoms. The molecule has 0 radical (unpaired) electrons. The zero-order chi connectivity index (χ0) is 26.9. The summed E-state index contributed by atoms with van der Waals surface area (Å²) < 4.78 is 1.25. The monoisotopic (exact) mass is 518 g/mol. The van der Waals surface area contributed by atoms with Crippen LogP contribution in [0.2, 0.25) is 0 Å². The predicted molar refractivity (Wildman–Crippen MR) is 141 cm³/mol. The van der Waals surface area contributed by atoms with Crippen molar-refractivity contribution in [3.05, 3.63) is 89.9 Å². The molecular weight excluding hydrogens is 500 g/mol. The van der Waals surface area contributed by atoms with Gasteiger partial charge in [0.05, 0.1) is 23.7 Å². The van der Waals surface area contributed by atoms with Gasteiger partial charge in [-0.25, -0.2) is 9.97 Å². The van der Waals surface area contributed by atoms with E-state index in [0.717, 1.165) is 5.56 Å². The average Bonchev–Trinajstić information content (AvgIpc) is 3.54. The minimum atomic E-state index is -0.588. The number of carbonyl (C=O) groups excluding carboxylic acids is 3. The van der Waals surface area contributed by atoms with Gasteiger partial charge in [0.25, 0.3) is 11.9 Å². The lowest BCUT2D eigenvalue weighted by Gasteiger charge is -2.12. The molecular formula is C27H18N8O4. The number of hydrogen-bond acceptors (Lipinski definition) is 9. The van der Waals surface area contributed by atoms with Crippen molar-refractivity contribution < 1.29 is 19.5 Å². The molecule has 0 unspecified atom stereocenters. The summed E-state index contributed by atoms with van der Waals surface area (Å²) in [6.45, 7) is 0. The molecule has 0 saturated heterocycles. The van der Waals surface area contributed by atoms with Gasteiger partial charge in [-0.05, 0) is 35.2 Å². The highest BCUT2D eigenvalue weighted by Crippen LogP contribution is 2.40. The zero-order valence-corrected chi connectivity index (χ0v) is 20.1. The Morgan fingerprint density at radius 2 is 1.90 bits per heavy atom. The van der Waals surface area contributed by atoms with Gasteiger partial charge in [-0.2, -0.15) is 9.78 Å². The molecule has 0 saturated carbocycles. The number of hydrogen-bond donors (Lipinski definition) is 3. The molecule has 5 aromatic rings. The lowest BCUT2D eigenvalue weighted by molar-refractivity contribution is -0.115. The maximum atomic E-state index is 13.3. The Hall–Kier alpha value is -5.78. The van der Waals surface area contributed by atoms with Crippen LogP contribution in [0.3, 0.4) is 0 Å². The molecule has 12 nitrogen and oxygen atoms in total. The number of aromatic nitrogens is 4. The van der Waals surface area contributed by atoms with E-state index in [1.165, 1.54) is 23.3 Å². The number of nitrogens with zero attached hydrogens (tertiary/aromatic N) is 6. The van der Waals surface area contributed by atoms with Crippen LogP contribution in [0, 0.1) is 0 Å². The van der Waals surface area contributed by atoms with Gasteiger partial charge in [-0.1, -0.05) is 30.3 Å². The maximum absolute atomic E-state index is 13.3. The quantitative estimate of drug-likeness (QED) is 0.220. The van der Waals surface area contributed by atoms with E-state index in [-0.39, 0.29) is 40.9 Å². The molecule has 3 aromatic carbocycles. The number of phenolic OH excluding ortho intramolecular Hbond substituents is 1. The summed E-state index contributed by atoms with van der Waals surface area (Å²) >= 11 is 0. The lowest BCUT2D eigenvalue weighted by atomic mass is 10.0. The molecule has 0 bridgehead atoms. The van der Waals surface area contributed by atoms with Crippen molar-refractivity contribution in [3.8, 4) is 11.7 Å². The molecule has 6 rings (SSSR count). The Morgan fingerprint density at radius 3 is 2.72 bits per heavy atom. The SMILES string of the molecule is O=Cc1cnn(-c2ncccn2)c1N=Nc1c(O)c(C(=O)Nc2ccc3c(c2)NC(=O)C3)cc2ccccc12. The third kappa shape index (κ3) is 4.35. The summed E-state index contributed by atoms with van der Waals surface area (Å²) in [4.78, 5) is 44.8. The lowest BCUT2D eigenvalue weighted by Crippen LogP contribution is -2.12. The largest absolute Gasteiger partial charge is 0.505 e. The van der Waals surface area contributed by atoms with Crippen LogP contribution < -0.4 is 10.6 Å². The first-order chi connectivity index (χ1) is 19.0. The minimum Gasteiger partial charge on any atom is -0.505 e. The van der Waals surface area contributed by atoms with Crippen molar-refractivity contribution in [2.24, 2.45) is 10.2 Å². The van der Waals surface area contributed by atoms with Crippen molar-refractivity contribution in [2.75, 3.05) is 10.6 Å². The Labute approximate surface area is 220 Å². The van der Waals surface area contributed by atoms with Crippen molar-refractivity contribution in [3.63, 3.8) is 0 Å². The number of azo groups is 1. The van der Waals surface area contributed by atoms with Crippen LogP contribution in [0.5, 0.6) is 5.75 Å². The third-order valence-corrected chi connectivity index (χ3v) is 6.12. The van der Waals surface area contributed by atoms with E-state index < -0.39 is 11.7 Å². The molecule has 39 heavy (non-hydrogen) atoms. The van der Waals surface area contributed by atoms with Gasteiger partial charge in [0.1, 0.15) is 5.69 Å². The first kappa shape index (κ1) is 23.6. The first-order valence-corrected chi connectivity index (χ1v) is 11.7. The van der Waals surface area contributed by atoms with Gasteiger partial charge in [0, 0.05) is 29.2 Å². The Morgan fingerprint density at radius 1 is 1.08 bits per heavy atom. The summed E-state index contributed by atoms with van der Waals surface area (Å²) in [5, 5.41) is 30.4. The fraction of sp³-hybridized carbons (Fsp3) is 0.0370. The number of phenols is 1. The van der Waals surface area contributed by atoms with E-state index in [1.807, 2.05) is 0 Å². The molecule has 2 amide bonds. The summed E-state index contributed by atoms with van der Waals surface area (Å²) in [6, 6.07) is 15.3. The Kier molecular flexibility index (Phi) is 5.81. The van der Waals surface area contributed by atoms with E-state index >= 15 is 0 Å². The number of fused-ring (bicyclic) bond motifs is 2. The summed E-state index contributed by atoms with van der Waals surface area (Å²) in [7, 11) is 0. The number of rotatable bonds is 6. The Balaban J connectivity index is 1.40. The molecule has 1 aliphatic heterocycles. The highest BCUT2D eigenvalue weighted by Gasteiger charge is 2.21. The van der Waals surface area contributed by atoms with Crippen LogP contribution in [-0.4, -0.2) is 43.0 Å². The van der Waals surface area contributed by atoms with Crippen LogP contribution in [0.15, 0.2) is 83.4 Å². The van der Waals surface area contributed by atoms with E-state index in [0.29, 0.717) is 28.4 Å². The number of nitrogens with one attached hydrogen (secondary N) is 2. The topological polar surface area (TPSA) is 164 Å². The molecule has 0 fully saturated rings. The molecule has 0 atom stereocenters. The second-order valence-corrected chi connectivity index (χ2v) is 8.60. The normalized spacial score (nSPS) is 12.5. The standard InChI is InChI=1S/C27H18N8O4/c36-14-17-13-30-35(27-28-8-3-9-29-27)25(17)34-33-23-19-5-2-1-4-15(19)10-20(24(23)38)26(39)31-18-7-6-16-11-22(37)32-21(16)12-18/h1-10,12-14,38H,11H2,(H,31,39)(H,32,37). The minimum absolute atomic E-state index is 0.0260. The molecule has 0 spiro atoms. The molecule has 1 aliphatic rings. The number of aromatic hydroxyl groups is 1. The van der Waals surface area contributed by atoms with Crippen LogP contribution >= 0.6 is 0 Å². The van der Waals surface area contributed by atoms with Gasteiger partial charge in [-0.3, -0.25) is 14.4 Å². The van der Waals surface area contributed by atoms with E-state index in [4.69, 9.17) is 0 Å². The third-order valence-electron chi connectivity index (χ3n) is 6.12. The fourth-order valence-electron chi connectivity index (χ4n) is 4.26. The van der Waals surface area contributed by atoms with Gasteiger partial charge >= 0.3 is 0 Å². The van der Waals surface area contributed by atoms with E-state index in [1.54, 1.807) is 54.6 Å². The number of carbonyl (C=O) groups is 3. The smallest absolute Gasteiger partial charge is 0.259 e. The molecule has 190 valence electrons. The number of amides is 2. The number of benzene rings is 3. The predicted octanol–water partition coefficient (Wildman–Crippen LogP) is 4.50. The molecule has 0 aliphatic carbocycles. The summed E-state index contributed by atoms with van der Waals surface area (Å²) in [6.07, 6.45) is 5.19. The van der Waals surface area contributed by atoms with Crippen molar-refractivity contribution in [1.29, 1.82) is 0 Å². The first-order valence-electron chi connectivity index (χ1n) is 11.7. The van der Waals surface area contributed by atoms with Crippen LogP contribution in [-0.2, 0) is 11.2 Å². The highest BCUT2D eigenvalue weighted by molar-refractivity contribution is 6.12. The maximum Gasteiger partial charge on any atom is 0.259 e. The summed E-state index contributed by atoms with van der Waals surface area (Å²) in [5.41, 5.74) is 2.02. The van der Waals surface area contributed by atoms with Crippen molar-refractivity contribution in [2.45, 2.75) is 6.42 Å². The fourth-order valence-corrected chi connectivity index (χ4v) is 4.26. The van der Waals surface area contributed by atoms with Crippen LogP contribution in [0.1, 0.15) is 26.3 Å². The summed E-state index contributed by atoms with van der Waals surface area (Å²) in [5.74, 6) is -0.884. The highest BCUT2D eigenvalue weighted by atomic mass is 16.3.